The van der Waals surface area contributed by atoms with Crippen molar-refractivity contribution in [1.29, 1.82) is 0 Å². The maximum atomic E-state index is 12.7. The fourth-order valence-corrected chi connectivity index (χ4v) is 3.17. The topological polar surface area (TPSA) is 72.6 Å². The van der Waals surface area contributed by atoms with Crippen LogP contribution in [0.4, 0.5) is 5.69 Å². The van der Waals surface area contributed by atoms with E-state index < -0.39 is 0 Å². The lowest BCUT2D eigenvalue weighted by Gasteiger charge is -2.10. The van der Waals surface area contributed by atoms with Gasteiger partial charge >= 0.3 is 0 Å². The van der Waals surface area contributed by atoms with Crippen LogP contribution in [0.5, 0.6) is 17.2 Å². The number of fused-ring (bicyclic) bond motifs is 1. The van der Waals surface area contributed by atoms with Gasteiger partial charge in [-0.3, -0.25) is 4.79 Å². The van der Waals surface area contributed by atoms with E-state index in [9.17, 15) is 4.79 Å². The minimum atomic E-state index is -0.245. The van der Waals surface area contributed by atoms with E-state index >= 15 is 0 Å². The second kappa shape index (κ2) is 8.61. The molecule has 0 unspecified atom stereocenters. The molecule has 0 aliphatic rings. The zero-order valence-corrected chi connectivity index (χ0v) is 16.8. The van der Waals surface area contributed by atoms with Gasteiger partial charge < -0.3 is 24.5 Å². The number of carbonyl (C=O) groups is 1. The standard InChI is InChI=1S/C24H22N2O4/c1-28-22-11-9-18(13-23(22)29-2)25-24(27)21-12-17-8-10-19(14-20(17)26-21)30-15-16-6-4-3-5-7-16/h3-14,26H,15H2,1-2H3,(H,25,27). The molecule has 0 radical (unpaired) electrons. The Labute approximate surface area is 174 Å². The molecular formula is C24H22N2O4. The lowest BCUT2D eigenvalue weighted by Crippen LogP contribution is -2.12. The maximum Gasteiger partial charge on any atom is 0.272 e. The van der Waals surface area contributed by atoms with Crippen LogP contribution in [0.3, 0.4) is 0 Å². The van der Waals surface area contributed by atoms with Gasteiger partial charge in [0.05, 0.1) is 14.2 Å². The van der Waals surface area contributed by atoms with Crippen molar-refractivity contribution in [2.75, 3.05) is 19.5 Å². The fraction of sp³-hybridized carbons (Fsp3) is 0.125. The van der Waals surface area contributed by atoms with E-state index in [0.29, 0.717) is 29.5 Å². The summed E-state index contributed by atoms with van der Waals surface area (Å²) in [5, 5.41) is 3.80. The van der Waals surface area contributed by atoms with E-state index in [1.165, 1.54) is 0 Å². The van der Waals surface area contributed by atoms with Gasteiger partial charge in [0.25, 0.3) is 5.91 Å². The van der Waals surface area contributed by atoms with Crippen LogP contribution in [0.25, 0.3) is 10.9 Å². The van der Waals surface area contributed by atoms with Crippen molar-refractivity contribution in [1.82, 2.24) is 4.98 Å². The van der Waals surface area contributed by atoms with Gasteiger partial charge in [0, 0.05) is 28.7 Å². The molecule has 0 spiro atoms. The first-order valence-corrected chi connectivity index (χ1v) is 9.49. The number of hydrogen-bond donors (Lipinski definition) is 2. The van der Waals surface area contributed by atoms with Crippen molar-refractivity contribution in [3.8, 4) is 17.2 Å². The fourth-order valence-electron chi connectivity index (χ4n) is 3.17. The predicted molar refractivity (Wildman–Crippen MR) is 117 cm³/mol. The Balaban J connectivity index is 1.48. The zero-order chi connectivity index (χ0) is 20.9. The van der Waals surface area contributed by atoms with E-state index in [0.717, 1.165) is 22.2 Å². The molecular weight excluding hydrogens is 380 g/mol. The van der Waals surface area contributed by atoms with Crippen LogP contribution >= 0.6 is 0 Å². The summed E-state index contributed by atoms with van der Waals surface area (Å²) in [6.45, 7) is 0.486. The number of aromatic nitrogens is 1. The summed E-state index contributed by atoms with van der Waals surface area (Å²) in [6.07, 6.45) is 0. The summed E-state index contributed by atoms with van der Waals surface area (Å²) in [7, 11) is 3.12. The summed E-state index contributed by atoms with van der Waals surface area (Å²) in [4.78, 5) is 15.8. The van der Waals surface area contributed by atoms with Crippen molar-refractivity contribution in [3.63, 3.8) is 0 Å². The van der Waals surface area contributed by atoms with Gasteiger partial charge in [-0.2, -0.15) is 0 Å². The highest BCUT2D eigenvalue weighted by atomic mass is 16.5. The maximum absolute atomic E-state index is 12.7. The summed E-state index contributed by atoms with van der Waals surface area (Å²) >= 11 is 0. The molecule has 6 heteroatoms. The number of nitrogens with one attached hydrogen (secondary N) is 2. The van der Waals surface area contributed by atoms with Crippen LogP contribution in [-0.4, -0.2) is 25.1 Å². The van der Waals surface area contributed by atoms with Gasteiger partial charge in [0.1, 0.15) is 18.1 Å². The molecule has 0 saturated carbocycles. The number of methoxy groups -OCH3 is 2. The quantitative estimate of drug-likeness (QED) is 0.455. The van der Waals surface area contributed by atoms with Crippen molar-refractivity contribution in [2.45, 2.75) is 6.61 Å². The molecule has 1 aromatic heterocycles. The smallest absolute Gasteiger partial charge is 0.272 e. The van der Waals surface area contributed by atoms with E-state index in [4.69, 9.17) is 14.2 Å². The Morgan fingerprint density at radius 3 is 2.47 bits per heavy atom. The third-order valence-corrected chi connectivity index (χ3v) is 4.73. The number of carbonyl (C=O) groups excluding carboxylic acids is 1. The molecule has 6 nitrogen and oxygen atoms in total. The lowest BCUT2D eigenvalue weighted by atomic mass is 10.2. The van der Waals surface area contributed by atoms with E-state index in [1.807, 2.05) is 54.6 Å². The molecule has 1 heterocycles. The van der Waals surface area contributed by atoms with Crippen molar-refractivity contribution >= 4 is 22.5 Å². The molecule has 0 bridgehead atoms. The van der Waals surface area contributed by atoms with Crippen molar-refractivity contribution in [2.24, 2.45) is 0 Å². The highest BCUT2D eigenvalue weighted by Crippen LogP contribution is 2.30. The third-order valence-electron chi connectivity index (χ3n) is 4.73. The summed E-state index contributed by atoms with van der Waals surface area (Å²) in [6, 6.07) is 22.7. The van der Waals surface area contributed by atoms with Gasteiger partial charge in [-0.05, 0) is 35.9 Å². The van der Waals surface area contributed by atoms with Crippen LogP contribution in [0.1, 0.15) is 16.1 Å². The normalized spacial score (nSPS) is 10.6. The van der Waals surface area contributed by atoms with Crippen LogP contribution in [0, 0.1) is 0 Å². The Hall–Kier alpha value is -3.93. The summed E-state index contributed by atoms with van der Waals surface area (Å²) < 4.78 is 16.4. The Morgan fingerprint density at radius 2 is 1.70 bits per heavy atom. The van der Waals surface area contributed by atoms with Crippen LogP contribution in [-0.2, 0) is 6.61 Å². The summed E-state index contributed by atoms with van der Waals surface area (Å²) in [5.74, 6) is 1.64. The molecule has 2 N–H and O–H groups in total. The first kappa shape index (κ1) is 19.4. The van der Waals surface area contributed by atoms with Gasteiger partial charge in [0.15, 0.2) is 11.5 Å². The number of hydrogen-bond acceptors (Lipinski definition) is 4. The number of aromatic amines is 1. The van der Waals surface area contributed by atoms with Gasteiger partial charge in [0.2, 0.25) is 0 Å². The Bertz CT molecular complexity index is 1170. The Kier molecular flexibility index (Phi) is 5.57. The van der Waals surface area contributed by atoms with Crippen LogP contribution < -0.4 is 19.5 Å². The van der Waals surface area contributed by atoms with Crippen LogP contribution in [0.2, 0.25) is 0 Å². The third kappa shape index (κ3) is 4.22. The van der Waals surface area contributed by atoms with Crippen LogP contribution in [0.15, 0.2) is 72.8 Å². The average molecular weight is 402 g/mol. The zero-order valence-electron chi connectivity index (χ0n) is 16.8. The molecule has 0 atom stereocenters. The molecule has 1 amide bonds. The SMILES string of the molecule is COc1ccc(NC(=O)c2cc3ccc(OCc4ccccc4)cc3[nH]2)cc1OC. The first-order chi connectivity index (χ1) is 14.7. The molecule has 152 valence electrons. The Morgan fingerprint density at radius 1 is 0.900 bits per heavy atom. The molecule has 3 aromatic carbocycles. The second-order valence-electron chi connectivity index (χ2n) is 6.73. The molecule has 0 saturated heterocycles. The number of amides is 1. The number of benzene rings is 3. The molecule has 0 aliphatic heterocycles. The van der Waals surface area contributed by atoms with Crippen molar-refractivity contribution in [3.05, 3.63) is 84.1 Å². The first-order valence-electron chi connectivity index (χ1n) is 9.49. The highest BCUT2D eigenvalue weighted by molar-refractivity contribution is 6.06. The molecule has 0 aliphatic carbocycles. The van der Waals surface area contributed by atoms with E-state index in [1.54, 1.807) is 32.4 Å². The highest BCUT2D eigenvalue weighted by Gasteiger charge is 2.12. The minimum absolute atomic E-state index is 0.245. The van der Waals surface area contributed by atoms with E-state index in [-0.39, 0.29) is 5.91 Å². The number of rotatable bonds is 7. The molecule has 0 fully saturated rings. The number of ether oxygens (including phenoxy) is 3. The van der Waals surface area contributed by atoms with Gasteiger partial charge in [-0.1, -0.05) is 30.3 Å². The van der Waals surface area contributed by atoms with Gasteiger partial charge in [-0.15, -0.1) is 0 Å². The van der Waals surface area contributed by atoms with Crippen molar-refractivity contribution < 1.29 is 19.0 Å². The largest absolute Gasteiger partial charge is 0.493 e. The molecule has 30 heavy (non-hydrogen) atoms. The lowest BCUT2D eigenvalue weighted by molar-refractivity contribution is 0.102. The van der Waals surface area contributed by atoms with E-state index in [2.05, 4.69) is 10.3 Å². The second-order valence-corrected chi connectivity index (χ2v) is 6.73. The number of H-pyrrole nitrogens is 1. The minimum Gasteiger partial charge on any atom is -0.493 e. The molecule has 4 rings (SSSR count). The monoisotopic (exact) mass is 402 g/mol. The molecule has 4 aromatic rings. The number of anilines is 1. The van der Waals surface area contributed by atoms with Gasteiger partial charge in [-0.25, -0.2) is 0 Å². The predicted octanol–water partition coefficient (Wildman–Crippen LogP) is 5.02. The average Bonchev–Trinajstić information content (AvgIpc) is 3.22. The summed E-state index contributed by atoms with van der Waals surface area (Å²) in [5.41, 5.74) is 3.00.